The van der Waals surface area contributed by atoms with Crippen molar-refractivity contribution in [3.8, 4) is 0 Å². The number of carbonyl (C=O) groups excluding carboxylic acids is 4. The molecule has 59 heavy (non-hydrogen) atoms. The Labute approximate surface area is 360 Å². The van der Waals surface area contributed by atoms with Gasteiger partial charge < -0.3 is 45.9 Å². The van der Waals surface area contributed by atoms with Crippen LogP contribution >= 0.6 is 0 Å². The summed E-state index contributed by atoms with van der Waals surface area (Å²) in [6, 6.07) is 7.08. The summed E-state index contributed by atoms with van der Waals surface area (Å²) in [5, 5.41) is 27.9. The molecular formula is C46H89N5O8. The normalized spacial score (nSPS) is 17.3. The average Bonchev–Trinajstić information content (AvgIpc) is 3.80. The van der Waals surface area contributed by atoms with Gasteiger partial charge in [-0.25, -0.2) is 4.79 Å². The first-order valence-corrected chi connectivity index (χ1v) is 21.8. The SMILES string of the molecule is CC.CC(C)CO.CCC.CCCC1C(C)C1NC(=O)CC(OC)C(C(C)CC)N(C)C.CNC(C(=O)NCC=O)C(C)C.Cc1ccccc1CC(NC=O)C(=O)O. The number of hydrogen-bond donors (Lipinski definition) is 6. The number of nitrogens with zero attached hydrogens (tertiary/aromatic N) is 1. The Morgan fingerprint density at radius 3 is 1.90 bits per heavy atom. The van der Waals surface area contributed by atoms with Gasteiger partial charge >= 0.3 is 5.97 Å². The maximum Gasteiger partial charge on any atom is 0.326 e. The molecule has 0 spiro atoms. The van der Waals surface area contributed by atoms with Gasteiger partial charge in [-0.05, 0) is 75.2 Å². The standard InChI is InChI=1S/C18H36N2O2.C11H13NO3.C8H16N2O2.C4H10O.C3H8.C2H6/c1-8-10-14-13(4)17(14)19-16(21)11-15(22-7)18(20(5)6)12(3)9-2;1-8-4-2-3-5-9(8)6-10(11(14)15)12-7-13;1-6(2)7(9-3)8(12)10-4-5-11;1-4(2)3-5;1-3-2;1-2/h12-15,17-18H,8-11H2,1-7H3,(H,19,21);2-5,7,10H,6H2,1H3,(H,12,13)(H,14,15);5-7,9H,4H2,1-3H3,(H,10,12);4-5H,3H2,1-2H3;3H2,1-2H3;1-2H3. The van der Waals surface area contributed by atoms with E-state index in [1.54, 1.807) is 14.2 Å². The zero-order chi connectivity index (χ0) is 46.7. The van der Waals surface area contributed by atoms with E-state index < -0.39 is 12.0 Å². The van der Waals surface area contributed by atoms with Crippen molar-refractivity contribution in [2.75, 3.05) is 41.4 Å². The number of aliphatic carboxylic acids is 1. The molecule has 1 fully saturated rings. The fourth-order valence-corrected chi connectivity index (χ4v) is 6.16. The minimum Gasteiger partial charge on any atom is -0.480 e. The number of methoxy groups -OCH3 is 1. The monoisotopic (exact) mass is 840 g/mol. The lowest BCUT2D eigenvalue weighted by molar-refractivity contribution is -0.140. The van der Waals surface area contributed by atoms with E-state index in [0.29, 0.717) is 61.9 Å². The van der Waals surface area contributed by atoms with Crippen LogP contribution in [0.1, 0.15) is 126 Å². The Hall–Kier alpha value is -3.39. The highest BCUT2D eigenvalue weighted by Gasteiger charge is 2.46. The third kappa shape index (κ3) is 29.5. The molecule has 1 aromatic rings. The maximum atomic E-state index is 12.4. The smallest absolute Gasteiger partial charge is 0.326 e. The number of aldehydes is 1. The highest BCUT2D eigenvalue weighted by atomic mass is 16.5. The Kier molecular flexibility index (Phi) is 40.9. The molecule has 13 nitrogen and oxygen atoms in total. The summed E-state index contributed by atoms with van der Waals surface area (Å²) in [7, 11) is 7.59. The van der Waals surface area contributed by atoms with Gasteiger partial charge in [-0.15, -0.1) is 0 Å². The number of ether oxygens (including phenoxy) is 1. The molecule has 6 N–H and O–H groups in total. The fraction of sp³-hybridized carbons (Fsp3) is 0.761. The number of carbonyl (C=O) groups is 5. The summed E-state index contributed by atoms with van der Waals surface area (Å²) in [6.45, 7) is 27.3. The van der Waals surface area contributed by atoms with Crippen LogP contribution < -0.4 is 21.3 Å². The van der Waals surface area contributed by atoms with Gasteiger partial charge in [-0.3, -0.25) is 14.4 Å². The second-order valence-corrected chi connectivity index (χ2v) is 15.7. The van der Waals surface area contributed by atoms with Crippen LogP contribution in [-0.2, 0) is 35.1 Å². The van der Waals surface area contributed by atoms with Crippen LogP contribution in [0.3, 0.4) is 0 Å². The van der Waals surface area contributed by atoms with E-state index in [4.69, 9.17) is 14.9 Å². The molecular weight excluding hydrogens is 751 g/mol. The van der Waals surface area contributed by atoms with Crippen LogP contribution in [0.25, 0.3) is 0 Å². The largest absolute Gasteiger partial charge is 0.480 e. The average molecular weight is 840 g/mol. The van der Waals surface area contributed by atoms with Crippen molar-refractivity contribution >= 4 is 30.5 Å². The van der Waals surface area contributed by atoms with Crippen molar-refractivity contribution in [3.05, 3.63) is 35.4 Å². The lowest BCUT2D eigenvalue weighted by atomic mass is 9.91. The molecule has 0 radical (unpaired) electrons. The minimum absolute atomic E-state index is 0.0522. The number of likely N-dealkylation sites (N-methyl/N-ethyl adjacent to an activating group) is 2. The number of carboxylic acid groups (broad SMARTS) is 1. The van der Waals surface area contributed by atoms with Crippen molar-refractivity contribution in [2.24, 2.45) is 29.6 Å². The summed E-state index contributed by atoms with van der Waals surface area (Å²) in [5.74, 6) is 1.46. The second-order valence-electron chi connectivity index (χ2n) is 15.7. The van der Waals surface area contributed by atoms with E-state index in [9.17, 15) is 24.0 Å². The molecule has 1 saturated carbocycles. The third-order valence-electron chi connectivity index (χ3n) is 9.64. The maximum absolute atomic E-state index is 12.4. The van der Waals surface area contributed by atoms with Crippen molar-refractivity contribution < 1.29 is 38.9 Å². The highest BCUT2D eigenvalue weighted by molar-refractivity contribution is 5.83. The topological polar surface area (TPSA) is 186 Å². The van der Waals surface area contributed by atoms with Crippen molar-refractivity contribution in [2.45, 2.75) is 159 Å². The quantitative estimate of drug-likeness (QED) is 0.0771. The van der Waals surface area contributed by atoms with Gasteiger partial charge in [-0.1, -0.05) is 127 Å². The summed E-state index contributed by atoms with van der Waals surface area (Å²) in [5.41, 5.74) is 1.95. The van der Waals surface area contributed by atoms with E-state index in [1.165, 1.54) is 19.3 Å². The first-order chi connectivity index (χ1) is 27.8. The zero-order valence-corrected chi connectivity index (χ0v) is 40.2. The number of carboxylic acids is 1. The lowest BCUT2D eigenvalue weighted by Gasteiger charge is -2.35. The van der Waals surface area contributed by atoms with Crippen LogP contribution in [0.4, 0.5) is 0 Å². The molecule has 8 unspecified atom stereocenters. The van der Waals surface area contributed by atoms with Crippen LogP contribution in [-0.4, -0.2) is 117 Å². The molecule has 0 saturated heterocycles. The number of aliphatic hydroxyl groups is 1. The molecule has 346 valence electrons. The molecule has 0 bridgehead atoms. The minimum atomic E-state index is -1.02. The number of aliphatic hydroxyl groups excluding tert-OH is 1. The van der Waals surface area contributed by atoms with Gasteiger partial charge in [0.15, 0.2) is 0 Å². The highest BCUT2D eigenvalue weighted by Crippen LogP contribution is 2.42. The summed E-state index contributed by atoms with van der Waals surface area (Å²) in [6.07, 6.45) is 6.53. The van der Waals surface area contributed by atoms with Gasteiger partial charge in [0.2, 0.25) is 18.2 Å². The molecule has 1 aromatic carbocycles. The first-order valence-electron chi connectivity index (χ1n) is 21.8. The molecule has 1 aliphatic rings. The number of amides is 3. The van der Waals surface area contributed by atoms with E-state index in [2.05, 4.69) is 81.8 Å². The predicted molar refractivity (Wildman–Crippen MR) is 243 cm³/mol. The Morgan fingerprint density at radius 1 is 0.983 bits per heavy atom. The van der Waals surface area contributed by atoms with Crippen molar-refractivity contribution in [3.63, 3.8) is 0 Å². The summed E-state index contributed by atoms with van der Waals surface area (Å²) < 4.78 is 5.67. The van der Waals surface area contributed by atoms with Crippen molar-refractivity contribution in [1.29, 1.82) is 0 Å². The summed E-state index contributed by atoms with van der Waals surface area (Å²) in [4.78, 5) is 56.8. The summed E-state index contributed by atoms with van der Waals surface area (Å²) >= 11 is 0. The zero-order valence-electron chi connectivity index (χ0n) is 40.2. The van der Waals surface area contributed by atoms with Crippen LogP contribution in [0, 0.1) is 36.5 Å². The molecule has 0 aromatic heterocycles. The fourth-order valence-electron chi connectivity index (χ4n) is 6.16. The van der Waals surface area contributed by atoms with Crippen LogP contribution in [0.2, 0.25) is 0 Å². The Bertz CT molecular complexity index is 1220. The van der Waals surface area contributed by atoms with Crippen LogP contribution in [0.15, 0.2) is 24.3 Å². The van der Waals surface area contributed by atoms with Gasteiger partial charge in [0.05, 0.1) is 25.1 Å². The third-order valence-corrected chi connectivity index (χ3v) is 9.64. The molecule has 0 heterocycles. The van der Waals surface area contributed by atoms with Gasteiger partial charge in [-0.2, -0.15) is 0 Å². The molecule has 0 aliphatic heterocycles. The predicted octanol–water partition coefficient (Wildman–Crippen LogP) is 6.28. The number of nitrogens with one attached hydrogen (secondary N) is 4. The number of rotatable bonds is 21. The lowest BCUT2D eigenvalue weighted by Crippen LogP contribution is -2.47. The second kappa shape index (κ2) is 38.8. The molecule has 2 rings (SSSR count). The van der Waals surface area contributed by atoms with E-state index in [0.717, 1.165) is 17.5 Å². The molecule has 8 atom stereocenters. The van der Waals surface area contributed by atoms with Crippen LogP contribution in [0.5, 0.6) is 0 Å². The Balaban J connectivity index is -0.000000357. The van der Waals surface area contributed by atoms with Gasteiger partial charge in [0.25, 0.3) is 0 Å². The van der Waals surface area contributed by atoms with E-state index >= 15 is 0 Å². The molecule has 3 amide bonds. The van der Waals surface area contributed by atoms with Gasteiger partial charge in [0, 0.05) is 32.2 Å². The van der Waals surface area contributed by atoms with Gasteiger partial charge in [0.1, 0.15) is 12.3 Å². The number of aryl methyl sites for hydroxylation is 1. The first kappa shape index (κ1) is 62.3. The number of benzene rings is 1. The molecule has 13 heteroatoms. The van der Waals surface area contributed by atoms with E-state index in [-0.39, 0.29) is 42.5 Å². The molecule has 1 aliphatic carbocycles. The number of hydrogen-bond acceptors (Lipinski definition) is 9. The van der Waals surface area contributed by atoms with Crippen molar-refractivity contribution in [1.82, 2.24) is 26.2 Å². The Morgan fingerprint density at radius 2 is 1.53 bits per heavy atom. The van der Waals surface area contributed by atoms with E-state index in [1.807, 2.05) is 72.7 Å².